The van der Waals surface area contributed by atoms with Gasteiger partial charge in [0.15, 0.2) is 34.5 Å². The molecule has 0 fully saturated rings. The van der Waals surface area contributed by atoms with Gasteiger partial charge in [-0.05, 0) is 13.0 Å². The number of nitrogens with zero attached hydrogens (tertiary/aromatic N) is 2. The highest BCUT2D eigenvalue weighted by molar-refractivity contribution is 7.80. The van der Waals surface area contributed by atoms with Crippen molar-refractivity contribution < 1.29 is 18.0 Å². The van der Waals surface area contributed by atoms with Gasteiger partial charge >= 0.3 is 0 Å². The minimum Gasteiger partial charge on any atom is -0.381 e. The summed E-state index contributed by atoms with van der Waals surface area (Å²) in [4.78, 5) is 27.6. The fourth-order valence-corrected chi connectivity index (χ4v) is 2.92. The number of pyridine rings is 2. The van der Waals surface area contributed by atoms with Gasteiger partial charge in [-0.3, -0.25) is 14.2 Å². The van der Waals surface area contributed by atoms with Gasteiger partial charge in [-0.15, -0.1) is 12.6 Å². The molecule has 2 aromatic heterocycles. The number of hydrogen-bond acceptors (Lipinski definition) is 5. The van der Waals surface area contributed by atoms with Crippen molar-refractivity contribution in [3.8, 4) is 5.82 Å². The molecule has 3 aromatic rings. The molecule has 3 rings (SSSR count). The molecule has 0 radical (unpaired) electrons. The van der Waals surface area contributed by atoms with E-state index >= 15 is 0 Å². The molecular weight excluding hydrogens is 391 g/mol. The third kappa shape index (κ3) is 2.73. The van der Waals surface area contributed by atoms with Crippen LogP contribution in [0.5, 0.6) is 0 Å². The number of ketones is 1. The lowest BCUT2D eigenvalue weighted by Gasteiger charge is -2.15. The molecular formula is C16H9ClF3N3O2S. The number of thiol groups is 1. The monoisotopic (exact) mass is 399 g/mol. The van der Waals surface area contributed by atoms with E-state index in [4.69, 9.17) is 17.3 Å². The summed E-state index contributed by atoms with van der Waals surface area (Å²) in [7, 11) is 0. The van der Waals surface area contributed by atoms with Crippen molar-refractivity contribution in [2.75, 3.05) is 5.73 Å². The van der Waals surface area contributed by atoms with E-state index in [9.17, 15) is 22.8 Å². The topological polar surface area (TPSA) is 78.0 Å². The fraction of sp³-hybridized carbons (Fsp3) is 0.0625. The number of carbonyl (C=O) groups excluding carboxylic acids is 1. The van der Waals surface area contributed by atoms with Gasteiger partial charge in [-0.1, -0.05) is 11.6 Å². The molecule has 2 heterocycles. The van der Waals surface area contributed by atoms with E-state index in [2.05, 4.69) is 17.6 Å². The van der Waals surface area contributed by atoms with Gasteiger partial charge in [0.2, 0.25) is 0 Å². The van der Waals surface area contributed by atoms with Crippen molar-refractivity contribution >= 4 is 46.7 Å². The van der Waals surface area contributed by atoms with Gasteiger partial charge in [0.05, 0.1) is 26.4 Å². The number of carbonyl (C=O) groups is 1. The number of hydrogen-bond donors (Lipinski definition) is 2. The van der Waals surface area contributed by atoms with Crippen LogP contribution in [-0.4, -0.2) is 15.3 Å². The number of fused-ring (bicyclic) bond motifs is 1. The highest BCUT2D eigenvalue weighted by atomic mass is 35.5. The first-order valence-corrected chi connectivity index (χ1v) is 7.85. The third-order valence-corrected chi connectivity index (χ3v) is 4.64. The van der Waals surface area contributed by atoms with Crippen molar-refractivity contribution in [1.82, 2.24) is 9.55 Å². The van der Waals surface area contributed by atoms with Crippen LogP contribution in [0.3, 0.4) is 0 Å². The van der Waals surface area contributed by atoms with Crippen LogP contribution in [0.25, 0.3) is 16.7 Å². The van der Waals surface area contributed by atoms with E-state index in [0.717, 1.165) is 23.8 Å². The Hall–Kier alpha value is -2.52. The zero-order valence-corrected chi connectivity index (χ0v) is 14.6. The molecule has 0 atom stereocenters. The maximum absolute atomic E-state index is 14.3. The number of nitrogens with two attached hydrogens (primary N) is 1. The largest absolute Gasteiger partial charge is 0.381 e. The Morgan fingerprint density at radius 1 is 1.23 bits per heavy atom. The molecule has 0 amide bonds. The SMILES string of the molecule is CC(=O)c1cn(-c2nc(N)c(F)cc2F)c2c(Cl)c(S)c(F)cc2c1=O. The first-order chi connectivity index (χ1) is 12.1. The Balaban J connectivity index is 2.59. The highest BCUT2D eigenvalue weighted by Crippen LogP contribution is 2.33. The van der Waals surface area contributed by atoms with E-state index in [-0.39, 0.29) is 26.4 Å². The van der Waals surface area contributed by atoms with Crippen molar-refractivity contribution in [3.05, 3.63) is 56.6 Å². The van der Waals surface area contributed by atoms with Crippen molar-refractivity contribution in [3.63, 3.8) is 0 Å². The summed E-state index contributed by atoms with van der Waals surface area (Å²) in [6, 6.07) is 1.33. The third-order valence-electron chi connectivity index (χ3n) is 3.70. The first kappa shape index (κ1) is 18.3. The number of rotatable bonds is 2. The van der Waals surface area contributed by atoms with Crippen molar-refractivity contribution in [2.45, 2.75) is 11.8 Å². The second-order valence-corrected chi connectivity index (χ2v) is 6.20. The summed E-state index contributed by atoms with van der Waals surface area (Å²) in [5.74, 6) is -4.89. The molecule has 10 heteroatoms. The van der Waals surface area contributed by atoms with Gasteiger partial charge in [0.25, 0.3) is 0 Å². The predicted octanol–water partition coefficient (Wildman–Crippen LogP) is 3.53. The molecule has 0 aliphatic rings. The predicted molar refractivity (Wildman–Crippen MR) is 93.9 cm³/mol. The lowest BCUT2D eigenvalue weighted by atomic mass is 10.1. The summed E-state index contributed by atoms with van der Waals surface area (Å²) in [5, 5.41) is -0.596. The van der Waals surface area contributed by atoms with Gasteiger partial charge in [-0.25, -0.2) is 18.2 Å². The quantitative estimate of drug-likeness (QED) is 0.510. The molecule has 0 spiro atoms. The Bertz CT molecular complexity index is 1160. The average molecular weight is 400 g/mol. The summed E-state index contributed by atoms with van der Waals surface area (Å²) >= 11 is 10.0. The van der Waals surface area contributed by atoms with E-state index in [1.54, 1.807) is 0 Å². The summed E-state index contributed by atoms with van der Waals surface area (Å²) < 4.78 is 42.7. The van der Waals surface area contributed by atoms with Gasteiger partial charge in [0.1, 0.15) is 5.82 Å². The highest BCUT2D eigenvalue weighted by Gasteiger charge is 2.22. The number of anilines is 1. The molecule has 0 saturated heterocycles. The number of benzene rings is 1. The molecule has 5 nitrogen and oxygen atoms in total. The van der Waals surface area contributed by atoms with Crippen molar-refractivity contribution in [1.29, 1.82) is 0 Å². The Morgan fingerprint density at radius 3 is 2.50 bits per heavy atom. The van der Waals surface area contributed by atoms with E-state index < -0.39 is 40.3 Å². The summed E-state index contributed by atoms with van der Waals surface area (Å²) in [6.45, 7) is 1.11. The summed E-state index contributed by atoms with van der Waals surface area (Å²) in [6.07, 6.45) is 0.993. The fourth-order valence-electron chi connectivity index (χ4n) is 2.46. The van der Waals surface area contributed by atoms with Crippen LogP contribution in [-0.2, 0) is 0 Å². The molecule has 26 heavy (non-hydrogen) atoms. The zero-order chi connectivity index (χ0) is 19.3. The van der Waals surface area contributed by atoms with E-state index in [0.29, 0.717) is 6.07 Å². The molecule has 0 saturated carbocycles. The maximum Gasteiger partial charge on any atom is 0.200 e. The average Bonchev–Trinajstić information content (AvgIpc) is 2.57. The van der Waals surface area contributed by atoms with Crippen molar-refractivity contribution in [2.24, 2.45) is 0 Å². The lowest BCUT2D eigenvalue weighted by molar-refractivity contribution is 0.101. The summed E-state index contributed by atoms with van der Waals surface area (Å²) in [5.41, 5.74) is 4.08. The van der Waals surface area contributed by atoms with Crippen LogP contribution in [0.15, 0.2) is 28.0 Å². The van der Waals surface area contributed by atoms with Gasteiger partial charge in [0, 0.05) is 12.3 Å². The van der Waals surface area contributed by atoms with Crippen LogP contribution in [0, 0.1) is 17.5 Å². The number of halogens is 4. The minimum absolute atomic E-state index is 0.148. The van der Waals surface area contributed by atoms with Crippen LogP contribution in [0.2, 0.25) is 5.02 Å². The smallest absolute Gasteiger partial charge is 0.200 e. The first-order valence-electron chi connectivity index (χ1n) is 7.02. The maximum atomic E-state index is 14.3. The molecule has 2 N–H and O–H groups in total. The van der Waals surface area contributed by atoms with Crippen LogP contribution in [0.4, 0.5) is 19.0 Å². The van der Waals surface area contributed by atoms with Gasteiger partial charge in [-0.2, -0.15) is 0 Å². The second-order valence-electron chi connectivity index (χ2n) is 5.38. The molecule has 0 unspecified atom stereocenters. The van der Waals surface area contributed by atoms with E-state index in [1.165, 1.54) is 0 Å². The molecule has 0 bridgehead atoms. The standard InChI is InChI=1S/C16H9ClF3N3O2S/c1-5(24)7-4-23(16-10(20)3-9(19)15(21)22-16)12-6(13(7)25)2-8(18)14(26)11(12)17/h2-4,26H,1H3,(H2,21,22). The molecule has 134 valence electrons. The Kier molecular flexibility index (Phi) is 4.45. The molecule has 1 aromatic carbocycles. The van der Waals surface area contributed by atoms with E-state index in [1.807, 2.05) is 0 Å². The Morgan fingerprint density at radius 2 is 1.88 bits per heavy atom. The number of Topliss-reactive ketones (excluding diaryl/α,β-unsaturated/α-hetero) is 1. The molecule has 0 aliphatic carbocycles. The number of aromatic nitrogens is 2. The van der Waals surface area contributed by atoms with Gasteiger partial charge < -0.3 is 5.73 Å². The normalized spacial score (nSPS) is 11.2. The van der Waals surface area contributed by atoms with Crippen LogP contribution in [0.1, 0.15) is 17.3 Å². The Labute approximate surface area is 154 Å². The lowest BCUT2D eigenvalue weighted by Crippen LogP contribution is -2.19. The van der Waals surface area contributed by atoms with Crippen LogP contribution < -0.4 is 11.2 Å². The van der Waals surface area contributed by atoms with Crippen LogP contribution >= 0.6 is 24.2 Å². The number of nitrogen functional groups attached to an aromatic ring is 1. The second kappa shape index (κ2) is 6.33. The minimum atomic E-state index is -1.13. The molecule has 0 aliphatic heterocycles. The zero-order valence-electron chi connectivity index (χ0n) is 13.0.